The van der Waals surface area contributed by atoms with Gasteiger partial charge in [-0.3, -0.25) is 0 Å². The van der Waals surface area contributed by atoms with Crippen molar-refractivity contribution in [3.8, 4) is 0 Å². The van der Waals surface area contributed by atoms with Crippen LogP contribution in [0.15, 0.2) is 24.3 Å². The first-order chi connectivity index (χ1) is 11.0. The van der Waals surface area contributed by atoms with Gasteiger partial charge in [-0.05, 0) is 37.5 Å². The zero-order valence-corrected chi connectivity index (χ0v) is 14.9. The summed E-state index contributed by atoms with van der Waals surface area (Å²) in [5, 5.41) is 0. The quantitative estimate of drug-likeness (QED) is 0.594. The molecule has 1 saturated heterocycles. The molecule has 1 aliphatic heterocycles. The summed E-state index contributed by atoms with van der Waals surface area (Å²) < 4.78 is 22.3. The van der Waals surface area contributed by atoms with Gasteiger partial charge < -0.3 is 18.9 Å². The van der Waals surface area contributed by atoms with Crippen LogP contribution in [0.25, 0.3) is 0 Å². The van der Waals surface area contributed by atoms with Crippen molar-refractivity contribution in [1.29, 1.82) is 0 Å². The van der Waals surface area contributed by atoms with Crippen molar-refractivity contribution in [3.05, 3.63) is 35.4 Å². The molecule has 0 N–H and O–H groups in total. The number of thioether (sulfide) groups is 1. The molecule has 0 saturated carbocycles. The van der Waals surface area contributed by atoms with Gasteiger partial charge in [-0.25, -0.2) is 4.79 Å². The highest BCUT2D eigenvalue weighted by Crippen LogP contribution is 2.25. The third kappa shape index (κ3) is 5.17. The summed E-state index contributed by atoms with van der Waals surface area (Å²) >= 11 is 6.41. The second-order valence-corrected chi connectivity index (χ2v) is 6.58. The first kappa shape index (κ1) is 18.2. The SMILES string of the molecule is CO[C@@H]1OC(COC(=O)c2ccc(C)cc2)C[C@H]1OC(=S)SC. The molecule has 1 heterocycles. The van der Waals surface area contributed by atoms with E-state index in [4.69, 9.17) is 31.2 Å². The average molecular weight is 356 g/mol. The molecule has 2 rings (SSSR count). The van der Waals surface area contributed by atoms with Crippen molar-refractivity contribution in [2.75, 3.05) is 20.0 Å². The van der Waals surface area contributed by atoms with E-state index in [9.17, 15) is 4.79 Å². The minimum atomic E-state index is -0.511. The lowest BCUT2D eigenvalue weighted by molar-refractivity contribution is -0.150. The zero-order valence-electron chi connectivity index (χ0n) is 13.3. The van der Waals surface area contributed by atoms with E-state index in [2.05, 4.69) is 0 Å². The predicted molar refractivity (Wildman–Crippen MR) is 92.7 cm³/mol. The minimum absolute atomic E-state index is 0.151. The summed E-state index contributed by atoms with van der Waals surface area (Å²) in [6.07, 6.45) is 1.33. The van der Waals surface area contributed by atoms with Crippen LogP contribution in [0, 0.1) is 6.92 Å². The number of rotatable bonds is 5. The third-order valence-corrected chi connectivity index (χ3v) is 4.49. The molecule has 7 heteroatoms. The Morgan fingerprint density at radius 1 is 1.39 bits per heavy atom. The molecule has 1 aromatic carbocycles. The topological polar surface area (TPSA) is 54.0 Å². The molecule has 1 unspecified atom stereocenters. The van der Waals surface area contributed by atoms with Crippen LogP contribution in [0.4, 0.5) is 0 Å². The summed E-state index contributed by atoms with van der Waals surface area (Å²) in [4.78, 5) is 12.0. The average Bonchev–Trinajstić information content (AvgIpc) is 2.95. The van der Waals surface area contributed by atoms with Crippen molar-refractivity contribution in [3.63, 3.8) is 0 Å². The van der Waals surface area contributed by atoms with Gasteiger partial charge in [0.05, 0.1) is 11.7 Å². The molecule has 0 amide bonds. The molecule has 1 fully saturated rings. The number of carbonyl (C=O) groups excluding carboxylic acids is 1. The number of ether oxygens (including phenoxy) is 4. The first-order valence-corrected chi connectivity index (χ1v) is 8.83. The van der Waals surface area contributed by atoms with Gasteiger partial charge >= 0.3 is 5.97 Å². The first-order valence-electron chi connectivity index (χ1n) is 7.20. The van der Waals surface area contributed by atoms with Gasteiger partial charge in [0.2, 0.25) is 4.38 Å². The molecule has 1 aromatic rings. The zero-order chi connectivity index (χ0) is 16.8. The monoisotopic (exact) mass is 356 g/mol. The summed E-state index contributed by atoms with van der Waals surface area (Å²) in [6.45, 7) is 2.12. The Bertz CT molecular complexity index is 546. The molecule has 0 aromatic heterocycles. The summed E-state index contributed by atoms with van der Waals surface area (Å²) in [7, 11) is 1.55. The van der Waals surface area contributed by atoms with Gasteiger partial charge in [-0.2, -0.15) is 0 Å². The lowest BCUT2D eigenvalue weighted by Crippen LogP contribution is -2.27. The Kier molecular flexibility index (Phi) is 6.83. The highest BCUT2D eigenvalue weighted by atomic mass is 32.2. The van der Waals surface area contributed by atoms with Crippen LogP contribution in [0.3, 0.4) is 0 Å². The molecule has 5 nitrogen and oxygen atoms in total. The van der Waals surface area contributed by atoms with Crippen molar-refractivity contribution in [2.45, 2.75) is 31.8 Å². The second kappa shape index (κ2) is 8.63. The van der Waals surface area contributed by atoms with Gasteiger partial charge in [0, 0.05) is 13.5 Å². The van der Waals surface area contributed by atoms with Crippen molar-refractivity contribution >= 4 is 34.3 Å². The van der Waals surface area contributed by atoms with Gasteiger partial charge in [-0.1, -0.05) is 29.5 Å². The number of benzene rings is 1. The molecular formula is C16H20O5S2. The molecular weight excluding hydrogens is 336 g/mol. The lowest BCUT2D eigenvalue weighted by Gasteiger charge is -2.17. The maximum Gasteiger partial charge on any atom is 0.338 e. The van der Waals surface area contributed by atoms with Gasteiger partial charge in [0.25, 0.3) is 0 Å². The molecule has 1 aliphatic rings. The summed E-state index contributed by atoms with van der Waals surface area (Å²) in [5.41, 5.74) is 1.61. The highest BCUT2D eigenvalue weighted by Gasteiger charge is 2.38. The number of esters is 1. The van der Waals surface area contributed by atoms with E-state index in [0.29, 0.717) is 16.4 Å². The molecule has 126 valence electrons. The third-order valence-electron chi connectivity index (χ3n) is 3.46. The summed E-state index contributed by atoms with van der Waals surface area (Å²) in [5.74, 6) is -0.369. The molecule has 0 spiro atoms. The Balaban J connectivity index is 1.85. The van der Waals surface area contributed by atoms with Crippen molar-refractivity contribution < 1.29 is 23.7 Å². The highest BCUT2D eigenvalue weighted by molar-refractivity contribution is 8.22. The molecule has 0 bridgehead atoms. The van der Waals surface area contributed by atoms with Crippen molar-refractivity contribution in [2.24, 2.45) is 0 Å². The number of hydrogen-bond donors (Lipinski definition) is 0. The normalized spacial score (nSPS) is 23.5. The second-order valence-electron chi connectivity index (χ2n) is 5.17. The number of aryl methyl sites for hydroxylation is 1. The molecule has 0 aliphatic carbocycles. The van der Waals surface area contributed by atoms with Gasteiger partial charge in [-0.15, -0.1) is 0 Å². The minimum Gasteiger partial charge on any atom is -0.470 e. The van der Waals surface area contributed by atoms with Crippen LogP contribution in [0.2, 0.25) is 0 Å². The standard InChI is InChI=1S/C16H20O5S2/c1-10-4-6-11(7-5-10)14(17)19-9-12-8-13(15(18-2)20-12)21-16(22)23-3/h4-7,12-13,15H,8-9H2,1-3H3/t12?,13-,15-/m1/s1. The van der Waals surface area contributed by atoms with E-state index in [-0.39, 0.29) is 24.8 Å². The number of thiocarbonyl (C=S) groups is 1. The van der Waals surface area contributed by atoms with Crippen molar-refractivity contribution in [1.82, 2.24) is 0 Å². The maximum atomic E-state index is 12.0. The van der Waals surface area contributed by atoms with E-state index >= 15 is 0 Å². The van der Waals surface area contributed by atoms with E-state index in [1.54, 1.807) is 19.2 Å². The van der Waals surface area contributed by atoms with Crippen LogP contribution < -0.4 is 0 Å². The van der Waals surface area contributed by atoms with Crippen LogP contribution in [0.1, 0.15) is 22.3 Å². The van der Waals surface area contributed by atoms with E-state index in [0.717, 1.165) is 5.56 Å². The molecule has 3 atom stereocenters. The number of methoxy groups -OCH3 is 1. The van der Waals surface area contributed by atoms with Crippen LogP contribution in [0.5, 0.6) is 0 Å². The Morgan fingerprint density at radius 2 is 2.09 bits per heavy atom. The fraction of sp³-hybridized carbons (Fsp3) is 0.500. The van der Waals surface area contributed by atoms with Crippen LogP contribution >= 0.6 is 24.0 Å². The van der Waals surface area contributed by atoms with E-state index < -0.39 is 6.29 Å². The fourth-order valence-corrected chi connectivity index (χ4v) is 2.58. The Labute approximate surface area is 145 Å². The van der Waals surface area contributed by atoms with Crippen LogP contribution in [-0.2, 0) is 18.9 Å². The number of hydrogen-bond acceptors (Lipinski definition) is 7. The van der Waals surface area contributed by atoms with Crippen LogP contribution in [-0.4, -0.2) is 48.8 Å². The largest absolute Gasteiger partial charge is 0.470 e. The van der Waals surface area contributed by atoms with Gasteiger partial charge in [0.15, 0.2) is 12.4 Å². The maximum absolute atomic E-state index is 12.0. The van der Waals surface area contributed by atoms with E-state index in [1.165, 1.54) is 11.8 Å². The Hall–Kier alpha value is -1.15. The molecule has 0 radical (unpaired) electrons. The summed E-state index contributed by atoms with van der Waals surface area (Å²) in [6, 6.07) is 7.23. The molecule has 23 heavy (non-hydrogen) atoms. The smallest absolute Gasteiger partial charge is 0.338 e. The fourth-order valence-electron chi connectivity index (χ4n) is 2.23. The number of carbonyl (C=O) groups is 1. The van der Waals surface area contributed by atoms with Gasteiger partial charge in [0.1, 0.15) is 6.61 Å². The lowest BCUT2D eigenvalue weighted by atomic mass is 10.1. The Morgan fingerprint density at radius 3 is 2.70 bits per heavy atom. The predicted octanol–water partition coefficient (Wildman–Crippen LogP) is 2.95. The van der Waals surface area contributed by atoms with E-state index in [1.807, 2.05) is 25.3 Å².